The first-order valence-electron chi connectivity index (χ1n) is 19.0. The Bertz CT molecular complexity index is 3070. The molecule has 2 nitrogen and oxygen atoms in total. The summed E-state index contributed by atoms with van der Waals surface area (Å²) < 4.78 is 0. The molecule has 0 atom stereocenters. The van der Waals surface area contributed by atoms with Crippen LogP contribution in [0.2, 0.25) is 0 Å². The number of fused-ring (bicyclic) bond motifs is 8. The van der Waals surface area contributed by atoms with E-state index in [1.165, 1.54) is 76.5 Å². The van der Waals surface area contributed by atoms with Crippen molar-refractivity contribution in [3.05, 3.63) is 210 Å². The minimum absolute atomic E-state index is 0.213. The van der Waals surface area contributed by atoms with Gasteiger partial charge < -0.3 is 0 Å². The predicted molar refractivity (Wildman–Crippen MR) is 235 cm³/mol. The highest BCUT2D eigenvalue weighted by Crippen LogP contribution is 2.50. The van der Waals surface area contributed by atoms with Crippen LogP contribution in [0.5, 0.6) is 0 Å². The first kappa shape index (κ1) is 32.7. The maximum absolute atomic E-state index is 9.03. The van der Waals surface area contributed by atoms with Crippen LogP contribution in [0, 0.1) is 5.41 Å². The third kappa shape index (κ3) is 5.49. The normalized spacial score (nSPS) is 13.5. The van der Waals surface area contributed by atoms with Crippen molar-refractivity contribution in [2.75, 3.05) is 0 Å². The van der Waals surface area contributed by atoms with E-state index in [-0.39, 0.29) is 11.3 Å². The van der Waals surface area contributed by atoms with Crippen LogP contribution in [0.4, 0.5) is 0 Å². The fourth-order valence-corrected chi connectivity index (χ4v) is 8.86. The number of hydrogen-bond donors (Lipinski definition) is 1. The zero-order valence-electron chi connectivity index (χ0n) is 30.8. The van der Waals surface area contributed by atoms with Crippen molar-refractivity contribution < 1.29 is 0 Å². The Kier molecular flexibility index (Phi) is 7.67. The van der Waals surface area contributed by atoms with Crippen LogP contribution < -0.4 is 0 Å². The second kappa shape index (κ2) is 12.9. The molecule has 0 radical (unpaired) electrons. The maximum Gasteiger partial charge on any atom is 0.152 e. The van der Waals surface area contributed by atoms with Gasteiger partial charge in [0.25, 0.3) is 0 Å². The molecule has 0 saturated carbocycles. The van der Waals surface area contributed by atoms with E-state index in [1.807, 2.05) is 30.3 Å². The molecule has 9 aromatic carbocycles. The van der Waals surface area contributed by atoms with Gasteiger partial charge in [-0.05, 0) is 106 Å². The van der Waals surface area contributed by atoms with Gasteiger partial charge in [0.1, 0.15) is 0 Å². The lowest BCUT2D eigenvalue weighted by atomic mass is 9.79. The number of aliphatic imine (C=N–C) groups is 1. The molecule has 260 valence electrons. The summed E-state index contributed by atoms with van der Waals surface area (Å²) in [6, 6.07) is 62.8. The van der Waals surface area contributed by atoms with E-state index in [0.29, 0.717) is 0 Å². The van der Waals surface area contributed by atoms with Crippen molar-refractivity contribution in [1.29, 1.82) is 5.41 Å². The Morgan fingerprint density at radius 3 is 2.09 bits per heavy atom. The third-order valence-electron chi connectivity index (χ3n) is 11.5. The molecule has 0 fully saturated rings. The molecule has 55 heavy (non-hydrogen) atoms. The smallest absolute Gasteiger partial charge is 0.152 e. The molecule has 0 spiro atoms. The average Bonchev–Trinajstić information content (AvgIpc) is 3.47. The van der Waals surface area contributed by atoms with Crippen LogP contribution in [0.25, 0.3) is 71.4 Å². The summed E-state index contributed by atoms with van der Waals surface area (Å²) in [6.07, 6.45) is 4.23. The minimum Gasteiger partial charge on any atom is -0.282 e. The van der Waals surface area contributed by atoms with Crippen LogP contribution in [-0.2, 0) is 5.41 Å². The lowest BCUT2D eigenvalue weighted by Gasteiger charge is -2.24. The summed E-state index contributed by atoms with van der Waals surface area (Å²) in [5.41, 5.74) is 11.0. The van der Waals surface area contributed by atoms with E-state index in [9.17, 15) is 0 Å². The van der Waals surface area contributed by atoms with Crippen LogP contribution in [0.1, 0.15) is 41.7 Å². The molecule has 2 heteroatoms. The molecule has 0 unspecified atom stereocenters. The average molecular weight is 703 g/mol. The van der Waals surface area contributed by atoms with E-state index < -0.39 is 0 Å². The van der Waals surface area contributed by atoms with Gasteiger partial charge in [0, 0.05) is 16.5 Å². The van der Waals surface area contributed by atoms with Gasteiger partial charge in [-0.1, -0.05) is 178 Å². The number of rotatable bonds is 5. The van der Waals surface area contributed by atoms with Crippen LogP contribution in [0.3, 0.4) is 0 Å². The van der Waals surface area contributed by atoms with Crippen molar-refractivity contribution in [3.8, 4) is 22.3 Å². The largest absolute Gasteiger partial charge is 0.282 e. The van der Waals surface area contributed by atoms with Crippen molar-refractivity contribution in [2.24, 2.45) is 4.99 Å². The zero-order valence-corrected chi connectivity index (χ0v) is 30.8. The van der Waals surface area contributed by atoms with Crippen LogP contribution in [-0.4, -0.2) is 11.5 Å². The molecule has 1 N–H and O–H groups in total. The highest BCUT2D eigenvalue weighted by Gasteiger charge is 2.37. The maximum atomic E-state index is 9.03. The first-order chi connectivity index (χ1) is 26.9. The van der Waals surface area contributed by atoms with Gasteiger partial charge in [-0.25, -0.2) is 4.99 Å². The topological polar surface area (TPSA) is 36.2 Å². The number of nitrogens with one attached hydrogen (secondary N) is 1. The summed E-state index contributed by atoms with van der Waals surface area (Å²) in [7, 11) is 0. The Balaban J connectivity index is 1.07. The number of amidine groups is 1. The molecule has 9 aromatic rings. The minimum atomic E-state index is -0.213. The fourth-order valence-electron chi connectivity index (χ4n) is 8.86. The van der Waals surface area contributed by atoms with Gasteiger partial charge in [-0.3, -0.25) is 5.41 Å². The monoisotopic (exact) mass is 702 g/mol. The Morgan fingerprint density at radius 2 is 1.22 bits per heavy atom. The van der Waals surface area contributed by atoms with Crippen LogP contribution >= 0.6 is 0 Å². The zero-order chi connectivity index (χ0) is 37.1. The molecule has 0 bridgehead atoms. The molecule has 1 aliphatic carbocycles. The quantitative estimate of drug-likeness (QED) is 0.0802. The van der Waals surface area contributed by atoms with Gasteiger partial charge in [0.2, 0.25) is 0 Å². The second-order valence-corrected chi connectivity index (χ2v) is 15.1. The van der Waals surface area contributed by atoms with Crippen molar-refractivity contribution in [2.45, 2.75) is 19.3 Å². The number of allylic oxidation sites excluding steroid dienone is 1. The number of nitrogens with zero attached hydrogens (tertiary/aromatic N) is 1. The first-order valence-corrected chi connectivity index (χ1v) is 19.0. The highest BCUT2D eigenvalue weighted by atomic mass is 14.8. The van der Waals surface area contributed by atoms with E-state index >= 15 is 0 Å². The summed E-state index contributed by atoms with van der Waals surface area (Å²) in [5.74, 6) is 0.242. The molecule has 10 rings (SSSR count). The highest BCUT2D eigenvalue weighted by molar-refractivity contribution is 6.21. The molecule has 0 aliphatic heterocycles. The predicted octanol–water partition coefficient (Wildman–Crippen LogP) is 13.8. The molecule has 0 saturated heterocycles. The molecule has 1 aliphatic rings. The van der Waals surface area contributed by atoms with Gasteiger partial charge in [0.15, 0.2) is 5.84 Å². The summed E-state index contributed by atoms with van der Waals surface area (Å²) in [5, 5.41) is 19.0. The van der Waals surface area contributed by atoms with Gasteiger partial charge in [-0.15, -0.1) is 0 Å². The van der Waals surface area contributed by atoms with Gasteiger partial charge >= 0.3 is 0 Å². The SMILES string of the molecule is CC1(C)c2ccccc2-c2cccc(C(/C=C/c3ccc4cc(-c5c6ccccc6cc6c5ccc5ccccc56)ccc4c3)=NC(=N)c3ccccc3)c21. The van der Waals surface area contributed by atoms with Crippen molar-refractivity contribution >= 4 is 60.7 Å². The summed E-state index contributed by atoms with van der Waals surface area (Å²) >= 11 is 0. The van der Waals surface area contributed by atoms with E-state index in [2.05, 4.69) is 172 Å². The molecular formula is C53H38N2. The second-order valence-electron chi connectivity index (χ2n) is 15.1. The molecule has 0 aromatic heterocycles. The third-order valence-corrected chi connectivity index (χ3v) is 11.5. The summed E-state index contributed by atoms with van der Waals surface area (Å²) in [6.45, 7) is 4.59. The number of benzene rings is 9. The Labute approximate surface area is 321 Å². The Hall–Kier alpha value is -6.90. The lowest BCUT2D eigenvalue weighted by Crippen LogP contribution is -2.19. The van der Waals surface area contributed by atoms with Crippen LogP contribution in [0.15, 0.2) is 187 Å². The standard InChI is InChI=1S/C53H38N2/c1-53(2)48-22-11-10-19-43(48)45-20-12-21-46(51(45)53)49(55-52(54)36-14-4-3-5-15-36)30-24-34-23-25-38-32-40(27-26-37(38)31-34)50-42-18-9-7-16-39(42)33-47-41-17-8-6-13-35(41)28-29-44(47)50/h3-33,54H,1-2H3/b30-24+,54-52?,55-49?. The number of hydrogen-bond acceptors (Lipinski definition) is 1. The van der Waals surface area contributed by atoms with Crippen molar-refractivity contribution in [3.63, 3.8) is 0 Å². The lowest BCUT2D eigenvalue weighted by molar-refractivity contribution is 0.659. The molecule has 0 amide bonds. The van der Waals surface area contributed by atoms with Gasteiger partial charge in [0.05, 0.1) is 5.71 Å². The van der Waals surface area contributed by atoms with Crippen molar-refractivity contribution in [1.82, 2.24) is 0 Å². The van der Waals surface area contributed by atoms with Gasteiger partial charge in [-0.2, -0.15) is 0 Å². The molecule has 0 heterocycles. The van der Waals surface area contributed by atoms with E-state index in [4.69, 9.17) is 10.4 Å². The Morgan fingerprint density at radius 1 is 0.527 bits per heavy atom. The molecular weight excluding hydrogens is 665 g/mol. The summed E-state index contributed by atoms with van der Waals surface area (Å²) in [4.78, 5) is 5.03. The van der Waals surface area contributed by atoms with E-state index in [1.54, 1.807) is 0 Å². The van der Waals surface area contributed by atoms with E-state index in [0.717, 1.165) is 22.4 Å². The fraction of sp³-hybridized carbons (Fsp3) is 0.0566.